The van der Waals surface area contributed by atoms with Crippen LogP contribution in [-0.2, 0) is 11.2 Å². The predicted molar refractivity (Wildman–Crippen MR) is 76.3 cm³/mol. The molecule has 2 amide bonds. The van der Waals surface area contributed by atoms with Gasteiger partial charge in [0.1, 0.15) is 5.00 Å². The zero-order valence-corrected chi connectivity index (χ0v) is 12.1. The molecule has 106 valence electrons. The molecule has 6 heteroatoms. The van der Waals surface area contributed by atoms with Gasteiger partial charge < -0.3 is 10.6 Å². The molecule has 1 aromatic heterocycles. The minimum absolute atomic E-state index is 0.0406. The first-order chi connectivity index (χ1) is 9.61. The van der Waals surface area contributed by atoms with Gasteiger partial charge in [0.25, 0.3) is 5.91 Å². The summed E-state index contributed by atoms with van der Waals surface area (Å²) >= 11 is 1.24. The second-order valence-electron chi connectivity index (χ2n) is 5.23. The van der Waals surface area contributed by atoms with Crippen LogP contribution in [0.2, 0.25) is 0 Å². The Labute approximate surface area is 120 Å². The van der Waals surface area contributed by atoms with Gasteiger partial charge in [0.2, 0.25) is 5.91 Å². The molecule has 0 spiro atoms. The SMILES string of the molecule is CNC(=O)c1c(NC(=O)C2CC2)sc2c1CCCC2=O. The van der Waals surface area contributed by atoms with Crippen molar-refractivity contribution in [2.75, 3.05) is 12.4 Å². The number of Topliss-reactive ketones (excluding diaryl/α,β-unsaturated/α-hetero) is 1. The number of fused-ring (bicyclic) bond motifs is 1. The molecule has 0 saturated heterocycles. The number of amides is 2. The second-order valence-corrected chi connectivity index (χ2v) is 6.25. The lowest BCUT2D eigenvalue weighted by molar-refractivity contribution is -0.117. The summed E-state index contributed by atoms with van der Waals surface area (Å²) < 4.78 is 0. The summed E-state index contributed by atoms with van der Waals surface area (Å²) in [5.74, 6) is -0.125. The summed E-state index contributed by atoms with van der Waals surface area (Å²) in [7, 11) is 1.56. The molecule has 0 aliphatic heterocycles. The lowest BCUT2D eigenvalue weighted by Gasteiger charge is -2.11. The molecular weight excluding hydrogens is 276 g/mol. The Hall–Kier alpha value is -1.69. The third-order valence-corrected chi connectivity index (χ3v) is 4.92. The molecule has 1 fully saturated rings. The maximum Gasteiger partial charge on any atom is 0.254 e. The van der Waals surface area contributed by atoms with Gasteiger partial charge in [-0.25, -0.2) is 0 Å². The van der Waals surface area contributed by atoms with E-state index in [0.29, 0.717) is 21.9 Å². The quantitative estimate of drug-likeness (QED) is 0.894. The van der Waals surface area contributed by atoms with Gasteiger partial charge in [-0.3, -0.25) is 14.4 Å². The lowest BCUT2D eigenvalue weighted by atomic mass is 9.94. The number of nitrogens with one attached hydrogen (secondary N) is 2. The minimum atomic E-state index is -0.233. The highest BCUT2D eigenvalue weighted by molar-refractivity contribution is 7.18. The third kappa shape index (κ3) is 2.24. The van der Waals surface area contributed by atoms with Gasteiger partial charge in [-0.15, -0.1) is 11.3 Å². The molecule has 0 atom stereocenters. The third-order valence-electron chi connectivity index (χ3n) is 3.73. The van der Waals surface area contributed by atoms with Crippen molar-refractivity contribution in [1.29, 1.82) is 0 Å². The molecular formula is C14H16N2O3S. The first-order valence-corrected chi connectivity index (χ1v) is 7.65. The highest BCUT2D eigenvalue weighted by atomic mass is 32.1. The number of carbonyl (C=O) groups excluding carboxylic acids is 3. The fraction of sp³-hybridized carbons (Fsp3) is 0.500. The van der Waals surface area contributed by atoms with Crippen LogP contribution >= 0.6 is 11.3 Å². The molecule has 1 heterocycles. The van der Waals surface area contributed by atoms with Gasteiger partial charge in [0.15, 0.2) is 5.78 Å². The zero-order chi connectivity index (χ0) is 14.3. The van der Waals surface area contributed by atoms with E-state index in [9.17, 15) is 14.4 Å². The van der Waals surface area contributed by atoms with E-state index in [0.717, 1.165) is 31.2 Å². The Kier molecular flexibility index (Phi) is 3.33. The van der Waals surface area contributed by atoms with Crippen molar-refractivity contribution in [2.24, 2.45) is 5.92 Å². The van der Waals surface area contributed by atoms with E-state index >= 15 is 0 Å². The first kappa shape index (κ1) is 13.3. The van der Waals surface area contributed by atoms with Crippen LogP contribution in [0.15, 0.2) is 0 Å². The average Bonchev–Trinajstić information content (AvgIpc) is 3.21. The van der Waals surface area contributed by atoms with Crippen molar-refractivity contribution in [3.05, 3.63) is 16.0 Å². The molecule has 1 aromatic rings. The molecule has 0 radical (unpaired) electrons. The number of thiophene rings is 1. The minimum Gasteiger partial charge on any atom is -0.355 e. The van der Waals surface area contributed by atoms with Gasteiger partial charge in [-0.05, 0) is 31.2 Å². The highest BCUT2D eigenvalue weighted by Crippen LogP contribution is 2.39. The maximum absolute atomic E-state index is 12.1. The number of ketones is 1. The Bertz CT molecular complexity index is 602. The number of hydrogen-bond donors (Lipinski definition) is 2. The smallest absolute Gasteiger partial charge is 0.254 e. The topological polar surface area (TPSA) is 75.3 Å². The fourth-order valence-electron chi connectivity index (χ4n) is 2.48. The molecule has 1 saturated carbocycles. The van der Waals surface area contributed by atoms with E-state index in [1.165, 1.54) is 11.3 Å². The highest BCUT2D eigenvalue weighted by Gasteiger charge is 2.33. The Morgan fingerprint density at radius 2 is 2.00 bits per heavy atom. The van der Waals surface area contributed by atoms with Crippen molar-refractivity contribution in [1.82, 2.24) is 5.32 Å². The van der Waals surface area contributed by atoms with Gasteiger partial charge in [-0.1, -0.05) is 0 Å². The van der Waals surface area contributed by atoms with Crippen LogP contribution in [0.1, 0.15) is 51.3 Å². The maximum atomic E-state index is 12.1. The van der Waals surface area contributed by atoms with Crippen molar-refractivity contribution >= 4 is 33.9 Å². The first-order valence-electron chi connectivity index (χ1n) is 6.83. The van der Waals surface area contributed by atoms with E-state index in [-0.39, 0.29) is 23.5 Å². The number of rotatable bonds is 3. The van der Waals surface area contributed by atoms with Gasteiger partial charge in [-0.2, -0.15) is 0 Å². The van der Waals surface area contributed by atoms with Crippen molar-refractivity contribution in [3.8, 4) is 0 Å². The number of anilines is 1. The molecule has 2 aliphatic rings. The Balaban J connectivity index is 2.00. The van der Waals surface area contributed by atoms with E-state index in [2.05, 4.69) is 10.6 Å². The van der Waals surface area contributed by atoms with Crippen molar-refractivity contribution < 1.29 is 14.4 Å². The van der Waals surface area contributed by atoms with Gasteiger partial charge in [0.05, 0.1) is 10.4 Å². The van der Waals surface area contributed by atoms with E-state index in [1.807, 2.05) is 0 Å². The fourth-order valence-corrected chi connectivity index (χ4v) is 3.70. The Morgan fingerprint density at radius 3 is 2.65 bits per heavy atom. The molecule has 0 bridgehead atoms. The Morgan fingerprint density at radius 1 is 1.25 bits per heavy atom. The summed E-state index contributed by atoms with van der Waals surface area (Å²) in [5, 5.41) is 5.96. The average molecular weight is 292 g/mol. The summed E-state index contributed by atoms with van der Waals surface area (Å²) in [4.78, 5) is 36.6. The zero-order valence-electron chi connectivity index (χ0n) is 11.2. The standard InChI is InChI=1S/C14H16N2O3S/c1-15-13(19)10-8-3-2-4-9(17)11(8)20-14(10)16-12(18)7-5-6-7/h7H,2-6H2,1H3,(H,15,19)(H,16,18). The summed E-state index contributed by atoms with van der Waals surface area (Å²) in [6.45, 7) is 0. The molecule has 20 heavy (non-hydrogen) atoms. The van der Waals surface area contributed by atoms with Crippen LogP contribution in [0.4, 0.5) is 5.00 Å². The van der Waals surface area contributed by atoms with Gasteiger partial charge in [0, 0.05) is 19.4 Å². The predicted octanol–water partition coefficient (Wildman–Crippen LogP) is 1.98. The van der Waals surface area contributed by atoms with Crippen molar-refractivity contribution in [2.45, 2.75) is 32.1 Å². The van der Waals surface area contributed by atoms with Crippen LogP contribution < -0.4 is 10.6 Å². The summed E-state index contributed by atoms with van der Waals surface area (Å²) in [5.41, 5.74) is 1.28. The molecule has 5 nitrogen and oxygen atoms in total. The molecule has 2 N–H and O–H groups in total. The van der Waals surface area contributed by atoms with Crippen LogP contribution in [-0.4, -0.2) is 24.6 Å². The lowest BCUT2D eigenvalue weighted by Crippen LogP contribution is -2.23. The number of carbonyl (C=O) groups is 3. The van der Waals surface area contributed by atoms with Crippen LogP contribution in [0.3, 0.4) is 0 Å². The normalized spacial score (nSPS) is 17.6. The molecule has 0 aromatic carbocycles. The molecule has 3 rings (SSSR count). The summed E-state index contributed by atoms with van der Waals surface area (Å²) in [6.07, 6.45) is 3.83. The monoisotopic (exact) mass is 292 g/mol. The van der Waals surface area contributed by atoms with Crippen LogP contribution in [0.5, 0.6) is 0 Å². The largest absolute Gasteiger partial charge is 0.355 e. The number of hydrogen-bond acceptors (Lipinski definition) is 4. The van der Waals surface area contributed by atoms with E-state index in [4.69, 9.17) is 0 Å². The van der Waals surface area contributed by atoms with E-state index in [1.54, 1.807) is 7.05 Å². The van der Waals surface area contributed by atoms with E-state index < -0.39 is 0 Å². The molecule has 2 aliphatic carbocycles. The van der Waals surface area contributed by atoms with Crippen molar-refractivity contribution in [3.63, 3.8) is 0 Å². The molecule has 0 unspecified atom stereocenters. The second kappa shape index (κ2) is 5.01. The van der Waals surface area contributed by atoms with Crippen LogP contribution in [0, 0.1) is 5.92 Å². The summed E-state index contributed by atoms with van der Waals surface area (Å²) in [6, 6.07) is 0. The van der Waals surface area contributed by atoms with Crippen LogP contribution in [0.25, 0.3) is 0 Å². The van der Waals surface area contributed by atoms with Gasteiger partial charge >= 0.3 is 0 Å².